The largest absolute Gasteiger partial charge is 0.343 e. The maximum atomic E-state index is 12.6. The van der Waals surface area contributed by atoms with E-state index in [0.717, 1.165) is 12.8 Å². The molecule has 1 N–H and O–H groups in total. The third-order valence-electron chi connectivity index (χ3n) is 4.58. The molecule has 7 heteroatoms. The Morgan fingerprint density at radius 3 is 2.46 bits per heavy atom. The van der Waals surface area contributed by atoms with Crippen LogP contribution in [0.2, 0.25) is 0 Å². The molecule has 1 aromatic heterocycles. The zero-order chi connectivity index (χ0) is 17.7. The van der Waals surface area contributed by atoms with Crippen LogP contribution in [0, 0.1) is 5.92 Å². The molecule has 0 radical (unpaired) electrons. The van der Waals surface area contributed by atoms with Crippen LogP contribution in [0.3, 0.4) is 0 Å². The number of hydrogen-bond donors (Lipinski definition) is 1. The van der Waals surface area contributed by atoms with Gasteiger partial charge >= 0.3 is 0 Å². The third-order valence-corrected chi connectivity index (χ3v) is 4.58. The number of aromatic nitrogens is 2. The van der Waals surface area contributed by atoms with Gasteiger partial charge in [0.25, 0.3) is 0 Å². The van der Waals surface area contributed by atoms with Crippen LogP contribution in [-0.2, 0) is 20.5 Å². The van der Waals surface area contributed by atoms with Gasteiger partial charge in [-0.1, -0.05) is 25.9 Å². The summed E-state index contributed by atoms with van der Waals surface area (Å²) in [5.41, 5.74) is -0.992. The van der Waals surface area contributed by atoms with Crippen molar-refractivity contribution in [2.45, 2.75) is 70.9 Å². The van der Waals surface area contributed by atoms with Gasteiger partial charge in [-0.2, -0.15) is 4.98 Å². The average Bonchev–Trinajstić information content (AvgIpc) is 3.00. The Morgan fingerprint density at radius 2 is 1.92 bits per heavy atom. The zero-order valence-electron chi connectivity index (χ0n) is 15.0. The smallest absolute Gasteiger partial charge is 0.232 e. The van der Waals surface area contributed by atoms with Crippen LogP contribution < -0.4 is 5.32 Å². The second kappa shape index (κ2) is 5.57. The SMILES string of the molecule is CC(C)(C)c1nc(C(C)(C)NC(=O)C2CC(=O)N(C3CC3)C2)no1. The summed E-state index contributed by atoms with van der Waals surface area (Å²) >= 11 is 0. The number of carbonyl (C=O) groups excluding carboxylic acids is 2. The van der Waals surface area contributed by atoms with Crippen molar-refractivity contribution in [3.05, 3.63) is 11.7 Å². The van der Waals surface area contributed by atoms with E-state index < -0.39 is 5.54 Å². The molecule has 1 saturated carbocycles. The Hall–Kier alpha value is -1.92. The molecule has 1 aromatic rings. The van der Waals surface area contributed by atoms with E-state index in [0.29, 0.717) is 24.3 Å². The van der Waals surface area contributed by atoms with Crippen molar-refractivity contribution < 1.29 is 14.1 Å². The molecule has 2 aliphatic rings. The predicted octanol–water partition coefficient (Wildman–Crippen LogP) is 1.73. The number of nitrogens with zero attached hydrogens (tertiary/aromatic N) is 3. The van der Waals surface area contributed by atoms with Crippen LogP contribution in [0.1, 0.15) is 65.6 Å². The van der Waals surface area contributed by atoms with E-state index in [-0.39, 0.29) is 29.6 Å². The van der Waals surface area contributed by atoms with Crippen molar-refractivity contribution in [2.24, 2.45) is 5.92 Å². The monoisotopic (exact) mass is 334 g/mol. The van der Waals surface area contributed by atoms with Gasteiger partial charge in [-0.25, -0.2) is 0 Å². The standard InChI is InChI=1S/C17H26N4O3/c1-16(2,3)15-18-14(20-24-15)17(4,5)19-13(23)10-8-12(22)21(9-10)11-6-7-11/h10-11H,6-9H2,1-5H3,(H,19,23). The van der Waals surface area contributed by atoms with Crippen LogP contribution in [0.5, 0.6) is 0 Å². The Labute approximate surface area is 142 Å². The number of amides is 2. The fourth-order valence-corrected chi connectivity index (χ4v) is 2.89. The lowest BCUT2D eigenvalue weighted by Gasteiger charge is -2.24. The Kier molecular flexibility index (Phi) is 3.92. The summed E-state index contributed by atoms with van der Waals surface area (Å²) in [5, 5.41) is 7.00. The minimum atomic E-state index is -0.750. The number of carbonyl (C=O) groups is 2. The molecule has 1 unspecified atom stereocenters. The molecule has 1 aliphatic heterocycles. The molecule has 2 fully saturated rings. The van der Waals surface area contributed by atoms with E-state index in [9.17, 15) is 9.59 Å². The Morgan fingerprint density at radius 1 is 1.25 bits per heavy atom. The number of hydrogen-bond acceptors (Lipinski definition) is 5. The maximum absolute atomic E-state index is 12.6. The number of likely N-dealkylation sites (tertiary alicyclic amines) is 1. The molecule has 3 rings (SSSR count). The van der Waals surface area contributed by atoms with Gasteiger partial charge in [0.15, 0.2) is 5.82 Å². The van der Waals surface area contributed by atoms with E-state index in [1.165, 1.54) is 0 Å². The Balaban J connectivity index is 1.66. The van der Waals surface area contributed by atoms with Crippen LogP contribution in [0.15, 0.2) is 4.52 Å². The van der Waals surface area contributed by atoms with Crippen molar-refractivity contribution in [1.82, 2.24) is 20.4 Å². The molecule has 2 heterocycles. The molecule has 2 amide bonds. The summed E-state index contributed by atoms with van der Waals surface area (Å²) in [6, 6.07) is 0.356. The molecule has 24 heavy (non-hydrogen) atoms. The lowest BCUT2D eigenvalue weighted by atomic mass is 9.96. The van der Waals surface area contributed by atoms with Gasteiger partial charge in [-0.3, -0.25) is 9.59 Å². The molecule has 1 aliphatic carbocycles. The first-order chi connectivity index (χ1) is 11.1. The number of rotatable bonds is 4. The van der Waals surface area contributed by atoms with Crippen molar-refractivity contribution >= 4 is 11.8 Å². The maximum Gasteiger partial charge on any atom is 0.232 e. The highest BCUT2D eigenvalue weighted by molar-refractivity contribution is 5.89. The van der Waals surface area contributed by atoms with E-state index in [1.54, 1.807) is 0 Å². The fraction of sp³-hybridized carbons (Fsp3) is 0.765. The summed E-state index contributed by atoms with van der Waals surface area (Å²) in [4.78, 5) is 30.9. The first-order valence-electron chi connectivity index (χ1n) is 8.54. The highest BCUT2D eigenvalue weighted by Gasteiger charge is 2.43. The van der Waals surface area contributed by atoms with Gasteiger partial charge in [0.1, 0.15) is 0 Å². The molecule has 0 bridgehead atoms. The van der Waals surface area contributed by atoms with Crippen LogP contribution in [-0.4, -0.2) is 39.4 Å². The third kappa shape index (κ3) is 3.30. The second-order valence-corrected chi connectivity index (χ2v) is 8.47. The summed E-state index contributed by atoms with van der Waals surface area (Å²) in [5.74, 6) is 0.648. The first-order valence-corrected chi connectivity index (χ1v) is 8.54. The molecule has 1 atom stereocenters. The predicted molar refractivity (Wildman–Crippen MR) is 87.0 cm³/mol. The van der Waals surface area contributed by atoms with Crippen LogP contribution >= 0.6 is 0 Å². The normalized spacial score (nSPS) is 22.1. The molecular weight excluding hydrogens is 308 g/mol. The Bertz CT molecular complexity index is 655. The molecular formula is C17H26N4O3. The van der Waals surface area contributed by atoms with Gasteiger partial charge in [0.05, 0.1) is 11.5 Å². The van der Waals surface area contributed by atoms with E-state index in [1.807, 2.05) is 39.5 Å². The zero-order valence-corrected chi connectivity index (χ0v) is 15.0. The summed E-state index contributed by atoms with van der Waals surface area (Å²) in [7, 11) is 0. The number of nitrogens with one attached hydrogen (secondary N) is 1. The summed E-state index contributed by atoms with van der Waals surface area (Å²) in [6.45, 7) is 10.2. The van der Waals surface area contributed by atoms with Crippen molar-refractivity contribution in [3.63, 3.8) is 0 Å². The molecule has 132 valence electrons. The second-order valence-electron chi connectivity index (χ2n) is 8.47. The fourth-order valence-electron chi connectivity index (χ4n) is 2.89. The quantitative estimate of drug-likeness (QED) is 0.906. The molecule has 1 saturated heterocycles. The first kappa shape index (κ1) is 16.9. The highest BCUT2D eigenvalue weighted by atomic mass is 16.5. The van der Waals surface area contributed by atoms with Gasteiger partial charge in [0.2, 0.25) is 17.7 Å². The van der Waals surface area contributed by atoms with Crippen molar-refractivity contribution in [3.8, 4) is 0 Å². The van der Waals surface area contributed by atoms with Crippen molar-refractivity contribution in [2.75, 3.05) is 6.54 Å². The lowest BCUT2D eigenvalue weighted by molar-refractivity contribution is -0.129. The van der Waals surface area contributed by atoms with Gasteiger partial charge < -0.3 is 14.7 Å². The lowest BCUT2D eigenvalue weighted by Crippen LogP contribution is -2.45. The van der Waals surface area contributed by atoms with E-state index in [2.05, 4.69) is 15.5 Å². The van der Waals surface area contributed by atoms with Gasteiger partial charge in [0, 0.05) is 24.4 Å². The van der Waals surface area contributed by atoms with E-state index >= 15 is 0 Å². The molecule has 0 aromatic carbocycles. The summed E-state index contributed by atoms with van der Waals surface area (Å²) in [6.07, 6.45) is 2.41. The molecule has 7 nitrogen and oxygen atoms in total. The molecule has 0 spiro atoms. The van der Waals surface area contributed by atoms with Crippen LogP contribution in [0.4, 0.5) is 0 Å². The van der Waals surface area contributed by atoms with Gasteiger partial charge in [-0.15, -0.1) is 0 Å². The summed E-state index contributed by atoms with van der Waals surface area (Å²) < 4.78 is 5.32. The minimum Gasteiger partial charge on any atom is -0.343 e. The van der Waals surface area contributed by atoms with E-state index in [4.69, 9.17) is 4.52 Å². The minimum absolute atomic E-state index is 0.0880. The van der Waals surface area contributed by atoms with Gasteiger partial charge in [-0.05, 0) is 26.7 Å². The average molecular weight is 334 g/mol. The van der Waals surface area contributed by atoms with Crippen LogP contribution in [0.25, 0.3) is 0 Å². The van der Waals surface area contributed by atoms with Crippen molar-refractivity contribution in [1.29, 1.82) is 0 Å². The highest BCUT2D eigenvalue weighted by Crippen LogP contribution is 2.33. The topological polar surface area (TPSA) is 88.3 Å².